The van der Waals surface area contributed by atoms with Gasteiger partial charge in [-0.15, -0.1) is 0 Å². The molecule has 0 amide bonds. The van der Waals surface area contributed by atoms with Crippen molar-refractivity contribution in [3.8, 4) is 0 Å². The van der Waals surface area contributed by atoms with Crippen LogP contribution in [0.15, 0.2) is 30.5 Å². The molecule has 0 aliphatic carbocycles. The summed E-state index contributed by atoms with van der Waals surface area (Å²) >= 11 is 0. The van der Waals surface area contributed by atoms with E-state index in [9.17, 15) is 5.11 Å². The molecule has 0 bridgehead atoms. The van der Waals surface area contributed by atoms with Gasteiger partial charge in [0.1, 0.15) is 0 Å². The second-order valence-electron chi connectivity index (χ2n) is 4.81. The number of fused-ring (bicyclic) bond motifs is 1. The molecule has 0 aliphatic rings. The van der Waals surface area contributed by atoms with E-state index < -0.39 is 0 Å². The number of rotatable bonds is 6. The van der Waals surface area contributed by atoms with Crippen molar-refractivity contribution < 1.29 is 5.11 Å². The maximum Gasteiger partial charge on any atom is 0.0549 e. The van der Waals surface area contributed by atoms with Crippen molar-refractivity contribution in [2.24, 2.45) is 7.05 Å². The summed E-state index contributed by atoms with van der Waals surface area (Å²) in [6, 6.07) is 8.44. The smallest absolute Gasteiger partial charge is 0.0549 e. The molecular weight excluding hydrogens is 224 g/mol. The van der Waals surface area contributed by atoms with E-state index in [-0.39, 0.29) is 6.10 Å². The molecule has 0 fully saturated rings. The molecule has 1 atom stereocenters. The Bertz CT molecular complexity index is 504. The molecule has 1 unspecified atom stereocenters. The molecule has 0 aliphatic heterocycles. The molecule has 0 saturated carbocycles. The van der Waals surface area contributed by atoms with Crippen LogP contribution < -0.4 is 5.32 Å². The third-order valence-electron chi connectivity index (χ3n) is 3.42. The zero-order valence-electron chi connectivity index (χ0n) is 11.2. The SMILES string of the molecule is CCC(O)CCNCc1cn(C)c2ccccc12. The number of aliphatic hydroxyl groups excluding tert-OH is 1. The molecule has 0 radical (unpaired) electrons. The highest BCUT2D eigenvalue weighted by Crippen LogP contribution is 2.19. The molecule has 1 heterocycles. The number of aromatic nitrogens is 1. The molecule has 2 rings (SSSR count). The molecule has 3 heteroatoms. The number of nitrogens with zero attached hydrogens (tertiary/aromatic N) is 1. The van der Waals surface area contributed by atoms with Gasteiger partial charge in [0.05, 0.1) is 6.10 Å². The average molecular weight is 246 g/mol. The summed E-state index contributed by atoms with van der Waals surface area (Å²) in [7, 11) is 2.08. The van der Waals surface area contributed by atoms with Gasteiger partial charge < -0.3 is 15.0 Å². The van der Waals surface area contributed by atoms with Gasteiger partial charge >= 0.3 is 0 Å². The standard InChI is InChI=1S/C15H22N2O/c1-3-13(18)8-9-16-10-12-11-17(2)15-7-5-4-6-14(12)15/h4-7,11,13,16,18H,3,8-10H2,1-2H3. The van der Waals surface area contributed by atoms with Gasteiger partial charge in [-0.2, -0.15) is 0 Å². The van der Waals surface area contributed by atoms with Gasteiger partial charge in [0.15, 0.2) is 0 Å². The lowest BCUT2D eigenvalue weighted by atomic mass is 10.1. The van der Waals surface area contributed by atoms with Gasteiger partial charge in [-0.25, -0.2) is 0 Å². The Labute approximate surface area is 108 Å². The van der Waals surface area contributed by atoms with Crippen molar-refractivity contribution in [1.29, 1.82) is 0 Å². The van der Waals surface area contributed by atoms with E-state index in [1.165, 1.54) is 16.5 Å². The van der Waals surface area contributed by atoms with Crippen molar-refractivity contribution in [2.45, 2.75) is 32.4 Å². The normalized spacial score (nSPS) is 13.1. The number of aryl methyl sites for hydroxylation is 1. The van der Waals surface area contributed by atoms with Crippen LogP contribution in [0.5, 0.6) is 0 Å². The number of nitrogens with one attached hydrogen (secondary N) is 1. The summed E-state index contributed by atoms with van der Waals surface area (Å²) in [4.78, 5) is 0. The van der Waals surface area contributed by atoms with Gasteiger partial charge in [0.2, 0.25) is 0 Å². The lowest BCUT2D eigenvalue weighted by Gasteiger charge is -2.08. The second kappa shape index (κ2) is 6.03. The van der Waals surface area contributed by atoms with Crippen molar-refractivity contribution in [3.63, 3.8) is 0 Å². The van der Waals surface area contributed by atoms with Crippen LogP contribution in [0.25, 0.3) is 10.9 Å². The van der Waals surface area contributed by atoms with Crippen molar-refractivity contribution in [3.05, 3.63) is 36.0 Å². The highest BCUT2D eigenvalue weighted by Gasteiger charge is 2.05. The predicted molar refractivity (Wildman–Crippen MR) is 75.5 cm³/mol. The van der Waals surface area contributed by atoms with Gasteiger partial charge in [-0.1, -0.05) is 25.1 Å². The average Bonchev–Trinajstić information content (AvgIpc) is 2.72. The number of para-hydroxylation sites is 1. The maximum atomic E-state index is 9.49. The van der Waals surface area contributed by atoms with E-state index in [0.717, 1.165) is 25.9 Å². The zero-order valence-corrected chi connectivity index (χ0v) is 11.2. The van der Waals surface area contributed by atoms with E-state index in [2.05, 4.69) is 47.4 Å². The largest absolute Gasteiger partial charge is 0.393 e. The fraction of sp³-hybridized carbons (Fsp3) is 0.467. The Morgan fingerprint density at radius 2 is 2.11 bits per heavy atom. The summed E-state index contributed by atoms with van der Waals surface area (Å²) in [6.07, 6.45) is 3.65. The summed E-state index contributed by atoms with van der Waals surface area (Å²) in [5.41, 5.74) is 2.59. The van der Waals surface area contributed by atoms with Gasteiger partial charge in [0, 0.05) is 30.7 Å². The Morgan fingerprint density at radius 1 is 1.33 bits per heavy atom. The van der Waals surface area contributed by atoms with Crippen LogP contribution in [-0.2, 0) is 13.6 Å². The van der Waals surface area contributed by atoms with E-state index in [1.54, 1.807) is 0 Å². The molecule has 1 aromatic carbocycles. The van der Waals surface area contributed by atoms with Gasteiger partial charge in [0.25, 0.3) is 0 Å². The molecule has 2 N–H and O–H groups in total. The first kappa shape index (κ1) is 13.1. The predicted octanol–water partition coefficient (Wildman–Crippen LogP) is 2.43. The third kappa shape index (κ3) is 2.92. The Hall–Kier alpha value is -1.32. The van der Waals surface area contributed by atoms with Crippen LogP contribution in [0.1, 0.15) is 25.3 Å². The zero-order chi connectivity index (χ0) is 13.0. The van der Waals surface area contributed by atoms with E-state index in [0.29, 0.717) is 0 Å². The van der Waals surface area contributed by atoms with Gasteiger partial charge in [-0.3, -0.25) is 0 Å². The van der Waals surface area contributed by atoms with Crippen molar-refractivity contribution >= 4 is 10.9 Å². The molecule has 1 aromatic heterocycles. The topological polar surface area (TPSA) is 37.2 Å². The molecule has 3 nitrogen and oxygen atoms in total. The number of hydrogen-bond donors (Lipinski definition) is 2. The fourth-order valence-electron chi connectivity index (χ4n) is 2.26. The van der Waals surface area contributed by atoms with Crippen LogP contribution in [0.3, 0.4) is 0 Å². The van der Waals surface area contributed by atoms with Gasteiger partial charge in [-0.05, 0) is 31.0 Å². The Balaban J connectivity index is 1.96. The van der Waals surface area contributed by atoms with Crippen LogP contribution in [0.2, 0.25) is 0 Å². The number of aliphatic hydroxyl groups is 1. The highest BCUT2D eigenvalue weighted by molar-refractivity contribution is 5.83. The lowest BCUT2D eigenvalue weighted by Crippen LogP contribution is -2.19. The third-order valence-corrected chi connectivity index (χ3v) is 3.42. The van der Waals surface area contributed by atoms with E-state index in [1.807, 2.05) is 6.92 Å². The Kier molecular flexibility index (Phi) is 4.39. The van der Waals surface area contributed by atoms with E-state index >= 15 is 0 Å². The quantitative estimate of drug-likeness (QED) is 0.768. The minimum absolute atomic E-state index is 0.176. The number of hydrogen-bond acceptors (Lipinski definition) is 2. The lowest BCUT2D eigenvalue weighted by molar-refractivity contribution is 0.159. The van der Waals surface area contributed by atoms with Crippen LogP contribution in [-0.4, -0.2) is 22.3 Å². The fourth-order valence-corrected chi connectivity index (χ4v) is 2.26. The second-order valence-corrected chi connectivity index (χ2v) is 4.81. The Morgan fingerprint density at radius 3 is 2.89 bits per heavy atom. The molecule has 18 heavy (non-hydrogen) atoms. The molecule has 2 aromatic rings. The monoisotopic (exact) mass is 246 g/mol. The first-order valence-corrected chi connectivity index (χ1v) is 6.64. The van der Waals surface area contributed by atoms with Crippen LogP contribution in [0.4, 0.5) is 0 Å². The first-order valence-electron chi connectivity index (χ1n) is 6.64. The molecule has 0 saturated heterocycles. The minimum atomic E-state index is -0.176. The van der Waals surface area contributed by atoms with E-state index in [4.69, 9.17) is 0 Å². The molecule has 98 valence electrons. The van der Waals surface area contributed by atoms with Crippen molar-refractivity contribution in [2.75, 3.05) is 6.54 Å². The molecule has 0 spiro atoms. The summed E-state index contributed by atoms with van der Waals surface area (Å²) in [6.45, 7) is 3.73. The molecular formula is C15H22N2O. The highest BCUT2D eigenvalue weighted by atomic mass is 16.3. The minimum Gasteiger partial charge on any atom is -0.393 e. The summed E-state index contributed by atoms with van der Waals surface area (Å²) in [5, 5.41) is 14.2. The summed E-state index contributed by atoms with van der Waals surface area (Å²) in [5.74, 6) is 0. The first-order chi connectivity index (χ1) is 8.72. The van der Waals surface area contributed by atoms with Crippen molar-refractivity contribution in [1.82, 2.24) is 9.88 Å². The van der Waals surface area contributed by atoms with Crippen LogP contribution in [0, 0.1) is 0 Å². The number of benzene rings is 1. The van der Waals surface area contributed by atoms with Crippen LogP contribution >= 0.6 is 0 Å². The maximum absolute atomic E-state index is 9.49. The summed E-state index contributed by atoms with van der Waals surface area (Å²) < 4.78 is 2.16.